The van der Waals surface area contributed by atoms with Crippen molar-refractivity contribution in [2.45, 2.75) is 43.9 Å². The largest absolute Gasteiger partial charge is 0.518 e. The molecule has 1 fully saturated rings. The van der Waals surface area contributed by atoms with Crippen LogP contribution in [0, 0.1) is 0 Å². The van der Waals surface area contributed by atoms with Gasteiger partial charge in [-0.05, 0) is 39.8 Å². The van der Waals surface area contributed by atoms with Crippen LogP contribution in [-0.2, 0) is 19.3 Å². The highest BCUT2D eigenvalue weighted by molar-refractivity contribution is 7.89. The fraction of sp³-hybridized carbons (Fsp3) is 0.545. The zero-order valence-electron chi connectivity index (χ0n) is 11.7. The van der Waals surface area contributed by atoms with Crippen molar-refractivity contribution in [3.63, 3.8) is 0 Å². The average Bonchev–Trinajstić information content (AvgIpc) is 2.46. The predicted octanol–water partition coefficient (Wildman–Crippen LogP) is -0.266. The van der Waals surface area contributed by atoms with Gasteiger partial charge in [0.25, 0.3) is 10.0 Å². The minimum absolute atomic E-state index is 0.00447. The maximum absolute atomic E-state index is 11.3. The molecule has 0 aromatic carbocycles. The van der Waals surface area contributed by atoms with Gasteiger partial charge >= 0.3 is 7.12 Å². The second kappa shape index (κ2) is 4.42. The van der Waals surface area contributed by atoms with Crippen LogP contribution in [0.25, 0.3) is 0 Å². The number of nitrogens with zero attached hydrogens (tertiary/aromatic N) is 1. The Bertz CT molecular complexity index is 628. The molecule has 0 radical (unpaired) electrons. The van der Waals surface area contributed by atoms with Gasteiger partial charge in [0, 0.05) is 0 Å². The van der Waals surface area contributed by atoms with E-state index in [1.54, 1.807) is 0 Å². The summed E-state index contributed by atoms with van der Waals surface area (Å²) in [5.74, 6) is -0.212. The van der Waals surface area contributed by atoms with Crippen molar-refractivity contribution in [3.05, 3.63) is 12.1 Å². The van der Waals surface area contributed by atoms with Crippen molar-refractivity contribution in [1.29, 1.82) is 0 Å². The number of rotatable bonds is 2. The van der Waals surface area contributed by atoms with E-state index in [-0.39, 0.29) is 16.4 Å². The van der Waals surface area contributed by atoms with Crippen molar-refractivity contribution in [1.82, 2.24) is 4.98 Å². The first-order valence-electron chi connectivity index (χ1n) is 6.02. The first-order chi connectivity index (χ1) is 8.94. The van der Waals surface area contributed by atoms with Crippen molar-refractivity contribution in [2.75, 3.05) is 0 Å². The van der Waals surface area contributed by atoms with E-state index in [9.17, 15) is 13.5 Å². The third-order valence-corrected chi connectivity index (χ3v) is 4.46. The molecule has 1 aliphatic heterocycles. The van der Waals surface area contributed by atoms with Gasteiger partial charge in [0.1, 0.15) is 11.3 Å². The zero-order valence-corrected chi connectivity index (χ0v) is 12.6. The molecular weight excluding hydrogens is 283 g/mol. The molecule has 1 aliphatic rings. The minimum Gasteiger partial charge on any atom is -0.507 e. The van der Waals surface area contributed by atoms with E-state index >= 15 is 0 Å². The van der Waals surface area contributed by atoms with Crippen LogP contribution in [0.2, 0.25) is 0 Å². The molecule has 0 bridgehead atoms. The average molecular weight is 300 g/mol. The Kier molecular flexibility index (Phi) is 3.37. The van der Waals surface area contributed by atoms with Gasteiger partial charge in [-0.2, -0.15) is 0 Å². The lowest BCUT2D eigenvalue weighted by molar-refractivity contribution is 0.00578. The number of sulfonamides is 1. The molecule has 1 aromatic heterocycles. The summed E-state index contributed by atoms with van der Waals surface area (Å²) in [6.45, 7) is 7.36. The number of nitrogens with two attached hydrogens (primary N) is 1. The fourth-order valence-electron chi connectivity index (χ4n) is 1.74. The lowest BCUT2D eigenvalue weighted by Gasteiger charge is -2.32. The summed E-state index contributed by atoms with van der Waals surface area (Å²) < 4.78 is 34.1. The topological polar surface area (TPSA) is 112 Å². The summed E-state index contributed by atoms with van der Waals surface area (Å²) in [7, 11) is -4.92. The van der Waals surface area contributed by atoms with E-state index in [2.05, 4.69) is 4.98 Å². The van der Waals surface area contributed by atoms with Gasteiger partial charge in [-0.1, -0.05) is 0 Å². The first kappa shape index (κ1) is 15.2. The molecular formula is C11H17BN2O5S. The second-order valence-corrected chi connectivity index (χ2v) is 7.20. The van der Waals surface area contributed by atoms with Crippen LogP contribution in [0.4, 0.5) is 0 Å². The third-order valence-electron chi connectivity index (χ3n) is 3.64. The molecule has 0 saturated carbocycles. The summed E-state index contributed by atoms with van der Waals surface area (Å²) in [6, 6.07) is 2.33. The van der Waals surface area contributed by atoms with Crippen molar-refractivity contribution in [2.24, 2.45) is 5.14 Å². The normalized spacial score (nSPS) is 21.1. The van der Waals surface area contributed by atoms with Gasteiger partial charge in [0.2, 0.25) is 0 Å². The first-order valence-corrected chi connectivity index (χ1v) is 7.57. The molecule has 110 valence electrons. The number of primary sulfonamides is 1. The number of hydrogen-bond donors (Lipinski definition) is 2. The Balaban J connectivity index is 2.45. The van der Waals surface area contributed by atoms with E-state index in [1.807, 2.05) is 27.7 Å². The zero-order chi connectivity index (χ0) is 15.3. The fourth-order valence-corrected chi connectivity index (χ4v) is 2.22. The molecule has 0 atom stereocenters. The molecule has 1 saturated heterocycles. The monoisotopic (exact) mass is 300 g/mol. The number of aromatic hydroxyl groups is 1. The molecule has 0 amide bonds. The summed E-state index contributed by atoms with van der Waals surface area (Å²) in [6.07, 6.45) is 0. The van der Waals surface area contributed by atoms with Crippen LogP contribution in [0.15, 0.2) is 17.2 Å². The molecule has 20 heavy (non-hydrogen) atoms. The lowest BCUT2D eigenvalue weighted by atomic mass is 9.83. The summed E-state index contributed by atoms with van der Waals surface area (Å²) in [5, 5.41) is 14.5. The quantitative estimate of drug-likeness (QED) is 0.727. The van der Waals surface area contributed by atoms with Crippen LogP contribution in [-0.4, -0.2) is 36.8 Å². The van der Waals surface area contributed by atoms with Crippen molar-refractivity contribution < 1.29 is 22.8 Å². The molecule has 3 N–H and O–H groups in total. The van der Waals surface area contributed by atoms with Crippen LogP contribution < -0.4 is 10.7 Å². The van der Waals surface area contributed by atoms with E-state index in [0.29, 0.717) is 0 Å². The van der Waals surface area contributed by atoms with Gasteiger partial charge in [-0.25, -0.2) is 18.5 Å². The standard InChI is InChI=1S/C11H17BN2O5S/c1-10(2)11(3,4)19-12(18-10)9-7(15)5-6-8(14-9)20(13,16)17/h5-6,15H,1-4H3,(H2,13,16,17). The molecule has 0 unspecified atom stereocenters. The summed E-state index contributed by atoms with van der Waals surface area (Å²) in [5.41, 5.74) is -1.25. The lowest BCUT2D eigenvalue weighted by Crippen LogP contribution is -2.41. The van der Waals surface area contributed by atoms with Gasteiger partial charge < -0.3 is 14.4 Å². The maximum atomic E-state index is 11.3. The Morgan fingerprint density at radius 1 is 1.20 bits per heavy atom. The number of hydrogen-bond acceptors (Lipinski definition) is 6. The van der Waals surface area contributed by atoms with E-state index in [1.165, 1.54) is 6.07 Å². The third kappa shape index (κ3) is 2.53. The Hall–Kier alpha value is -1.16. The molecule has 9 heteroatoms. The SMILES string of the molecule is CC1(C)OB(c2nc(S(N)(=O)=O)ccc2O)OC1(C)C. The van der Waals surface area contributed by atoms with Gasteiger partial charge in [0.15, 0.2) is 5.03 Å². The highest BCUT2D eigenvalue weighted by Gasteiger charge is 2.53. The molecule has 2 heterocycles. The predicted molar refractivity (Wildman–Crippen MR) is 73.0 cm³/mol. The van der Waals surface area contributed by atoms with Crippen molar-refractivity contribution >= 4 is 22.7 Å². The Morgan fingerprint density at radius 3 is 2.15 bits per heavy atom. The summed E-state index contributed by atoms with van der Waals surface area (Å²) >= 11 is 0. The molecule has 1 aromatic rings. The van der Waals surface area contributed by atoms with Gasteiger partial charge in [-0.3, -0.25) is 0 Å². The summed E-state index contributed by atoms with van der Waals surface area (Å²) in [4.78, 5) is 3.84. The molecule has 0 aliphatic carbocycles. The smallest absolute Gasteiger partial charge is 0.507 e. The second-order valence-electron chi connectivity index (χ2n) is 5.69. The van der Waals surface area contributed by atoms with Crippen LogP contribution in [0.3, 0.4) is 0 Å². The van der Waals surface area contributed by atoms with Gasteiger partial charge in [-0.15, -0.1) is 0 Å². The Morgan fingerprint density at radius 2 is 1.70 bits per heavy atom. The molecule has 0 spiro atoms. The number of aromatic nitrogens is 1. The highest BCUT2D eigenvalue weighted by Crippen LogP contribution is 2.36. The Labute approximate surface area is 118 Å². The molecule has 2 rings (SSSR count). The van der Waals surface area contributed by atoms with E-state index in [4.69, 9.17) is 14.4 Å². The minimum atomic E-state index is -3.96. The van der Waals surface area contributed by atoms with E-state index in [0.717, 1.165) is 6.07 Å². The van der Waals surface area contributed by atoms with E-state index < -0.39 is 28.3 Å². The van der Waals surface area contributed by atoms with Gasteiger partial charge in [0.05, 0.1) is 11.2 Å². The molecule has 7 nitrogen and oxygen atoms in total. The maximum Gasteiger partial charge on any atom is 0.518 e. The van der Waals surface area contributed by atoms with Crippen LogP contribution in [0.5, 0.6) is 5.75 Å². The number of pyridine rings is 1. The van der Waals surface area contributed by atoms with Crippen molar-refractivity contribution in [3.8, 4) is 5.75 Å². The van der Waals surface area contributed by atoms with Crippen LogP contribution >= 0.6 is 0 Å². The highest BCUT2D eigenvalue weighted by atomic mass is 32.2. The van der Waals surface area contributed by atoms with Crippen LogP contribution in [0.1, 0.15) is 27.7 Å².